The molecule has 0 unspecified atom stereocenters. The zero-order chi connectivity index (χ0) is 18.1. The Morgan fingerprint density at radius 2 is 1.72 bits per heavy atom. The maximum atomic E-state index is 13.9. The predicted molar refractivity (Wildman–Crippen MR) is 80.0 cm³/mol. The molecule has 8 heteroatoms. The SMILES string of the molecule is O=C(ON1C(=O)CCC1=O)c1cc(-c2ccc(F)cc2F)ccc1O. The molecule has 0 aliphatic carbocycles. The Balaban J connectivity index is 1.92. The van der Waals surface area contributed by atoms with Crippen LogP contribution in [-0.4, -0.2) is 28.0 Å². The maximum absolute atomic E-state index is 13.9. The van der Waals surface area contributed by atoms with E-state index in [0.29, 0.717) is 11.1 Å². The van der Waals surface area contributed by atoms with Gasteiger partial charge < -0.3 is 9.94 Å². The fourth-order valence-electron chi connectivity index (χ4n) is 2.38. The van der Waals surface area contributed by atoms with Crippen LogP contribution < -0.4 is 0 Å². The van der Waals surface area contributed by atoms with Crippen LogP contribution in [0.3, 0.4) is 0 Å². The summed E-state index contributed by atoms with van der Waals surface area (Å²) in [5, 5.41) is 10.2. The monoisotopic (exact) mass is 347 g/mol. The van der Waals surface area contributed by atoms with Crippen LogP contribution in [0, 0.1) is 11.6 Å². The van der Waals surface area contributed by atoms with E-state index >= 15 is 0 Å². The topological polar surface area (TPSA) is 83.9 Å². The van der Waals surface area contributed by atoms with E-state index in [2.05, 4.69) is 0 Å². The van der Waals surface area contributed by atoms with Gasteiger partial charge in [-0.3, -0.25) is 9.59 Å². The van der Waals surface area contributed by atoms with Crippen LogP contribution in [0.5, 0.6) is 5.75 Å². The summed E-state index contributed by atoms with van der Waals surface area (Å²) in [4.78, 5) is 39.8. The number of hydrogen-bond acceptors (Lipinski definition) is 5. The van der Waals surface area contributed by atoms with Gasteiger partial charge in [-0.2, -0.15) is 0 Å². The van der Waals surface area contributed by atoms with E-state index in [4.69, 9.17) is 4.84 Å². The number of halogens is 2. The first-order valence-corrected chi connectivity index (χ1v) is 7.23. The molecule has 0 saturated carbocycles. The third kappa shape index (κ3) is 3.18. The molecule has 6 nitrogen and oxygen atoms in total. The summed E-state index contributed by atoms with van der Waals surface area (Å²) in [5.74, 6) is -4.57. The third-order valence-corrected chi connectivity index (χ3v) is 3.64. The van der Waals surface area contributed by atoms with Gasteiger partial charge in [0, 0.05) is 24.5 Å². The van der Waals surface area contributed by atoms with E-state index in [1.54, 1.807) is 0 Å². The number of carbonyl (C=O) groups is 3. The average molecular weight is 347 g/mol. The minimum absolute atomic E-state index is 0.00350. The van der Waals surface area contributed by atoms with Gasteiger partial charge >= 0.3 is 5.97 Å². The molecule has 0 bridgehead atoms. The van der Waals surface area contributed by atoms with Crippen molar-refractivity contribution in [1.82, 2.24) is 5.06 Å². The van der Waals surface area contributed by atoms with Crippen molar-refractivity contribution in [3.8, 4) is 16.9 Å². The largest absolute Gasteiger partial charge is 0.507 e. The molecule has 0 radical (unpaired) electrons. The van der Waals surface area contributed by atoms with Gasteiger partial charge in [-0.15, -0.1) is 5.06 Å². The highest BCUT2D eigenvalue weighted by atomic mass is 19.1. The van der Waals surface area contributed by atoms with Gasteiger partial charge in [0.1, 0.15) is 22.9 Å². The molecule has 1 saturated heterocycles. The highest BCUT2D eigenvalue weighted by Crippen LogP contribution is 2.29. The standard InChI is InChI=1S/C17H11F2NO5/c18-10-2-3-11(13(19)8-10)9-1-4-14(21)12(7-9)17(24)25-20-15(22)5-6-16(20)23/h1-4,7-8,21H,5-6H2. The molecule has 3 rings (SSSR count). The number of benzene rings is 2. The molecule has 128 valence electrons. The van der Waals surface area contributed by atoms with Gasteiger partial charge in [0.25, 0.3) is 11.8 Å². The maximum Gasteiger partial charge on any atom is 0.367 e. The van der Waals surface area contributed by atoms with Crippen molar-refractivity contribution in [3.63, 3.8) is 0 Å². The van der Waals surface area contributed by atoms with Crippen LogP contribution in [0.2, 0.25) is 0 Å². The summed E-state index contributed by atoms with van der Waals surface area (Å²) in [7, 11) is 0. The van der Waals surface area contributed by atoms with Crippen LogP contribution in [0.4, 0.5) is 8.78 Å². The Morgan fingerprint density at radius 3 is 2.36 bits per heavy atom. The van der Waals surface area contributed by atoms with Crippen molar-refractivity contribution in [3.05, 3.63) is 53.6 Å². The summed E-state index contributed by atoms with van der Waals surface area (Å²) in [6, 6.07) is 6.49. The van der Waals surface area contributed by atoms with Gasteiger partial charge in [0.2, 0.25) is 0 Å². The lowest BCUT2D eigenvalue weighted by atomic mass is 10.0. The first kappa shape index (κ1) is 16.6. The lowest BCUT2D eigenvalue weighted by molar-refractivity contribution is -0.172. The van der Waals surface area contributed by atoms with E-state index in [9.17, 15) is 28.3 Å². The summed E-state index contributed by atoms with van der Waals surface area (Å²) in [6.07, 6.45) is -0.141. The number of phenolic OH excluding ortho intramolecular Hbond substituents is 1. The smallest absolute Gasteiger partial charge is 0.367 e. The number of hydrogen-bond donors (Lipinski definition) is 1. The van der Waals surface area contributed by atoms with Crippen LogP contribution in [-0.2, 0) is 14.4 Å². The van der Waals surface area contributed by atoms with Gasteiger partial charge in [0.05, 0.1) is 0 Å². The first-order valence-electron chi connectivity index (χ1n) is 7.23. The number of phenols is 1. The highest BCUT2D eigenvalue weighted by molar-refractivity contribution is 6.03. The van der Waals surface area contributed by atoms with Crippen LogP contribution in [0.1, 0.15) is 23.2 Å². The van der Waals surface area contributed by atoms with Crippen LogP contribution in [0.25, 0.3) is 11.1 Å². The molecule has 0 spiro atoms. The molecule has 1 aliphatic rings. The Hall–Kier alpha value is -3.29. The van der Waals surface area contributed by atoms with E-state index < -0.39 is 35.2 Å². The fourth-order valence-corrected chi connectivity index (χ4v) is 2.38. The molecule has 1 heterocycles. The molecule has 2 amide bonds. The zero-order valence-electron chi connectivity index (χ0n) is 12.7. The minimum Gasteiger partial charge on any atom is -0.507 e. The lowest BCUT2D eigenvalue weighted by Crippen LogP contribution is -2.32. The number of amides is 2. The second-order valence-corrected chi connectivity index (χ2v) is 5.32. The van der Waals surface area contributed by atoms with Crippen LogP contribution >= 0.6 is 0 Å². The Kier molecular flexibility index (Phi) is 4.18. The van der Waals surface area contributed by atoms with Crippen molar-refractivity contribution >= 4 is 17.8 Å². The molecule has 1 fully saturated rings. The number of hydroxylamine groups is 2. The first-order chi connectivity index (χ1) is 11.9. The number of rotatable bonds is 3. The molecular formula is C17H11F2NO5. The van der Waals surface area contributed by atoms with Crippen molar-refractivity contribution < 1.29 is 33.1 Å². The van der Waals surface area contributed by atoms with Crippen molar-refractivity contribution in [2.45, 2.75) is 12.8 Å². The van der Waals surface area contributed by atoms with Gasteiger partial charge in [-0.1, -0.05) is 6.07 Å². The van der Waals surface area contributed by atoms with E-state index in [1.165, 1.54) is 12.1 Å². The number of imide groups is 1. The zero-order valence-corrected chi connectivity index (χ0v) is 12.7. The Labute approximate surface area is 140 Å². The van der Waals surface area contributed by atoms with Crippen molar-refractivity contribution in [2.75, 3.05) is 0 Å². The number of nitrogens with zero attached hydrogens (tertiary/aromatic N) is 1. The summed E-state index contributed by atoms with van der Waals surface area (Å²) in [5.41, 5.74) is -0.182. The molecule has 0 atom stereocenters. The van der Waals surface area contributed by atoms with E-state index in [0.717, 1.165) is 18.2 Å². The van der Waals surface area contributed by atoms with E-state index in [1.807, 2.05) is 0 Å². The molecule has 25 heavy (non-hydrogen) atoms. The van der Waals surface area contributed by atoms with Gasteiger partial charge in [-0.05, 0) is 29.8 Å². The average Bonchev–Trinajstić information content (AvgIpc) is 2.87. The van der Waals surface area contributed by atoms with E-state index in [-0.39, 0.29) is 29.5 Å². The summed E-state index contributed by atoms with van der Waals surface area (Å²) in [6.45, 7) is 0. The molecule has 1 aliphatic heterocycles. The predicted octanol–water partition coefficient (Wildman–Crippen LogP) is 2.56. The molecule has 1 N–H and O–H groups in total. The van der Waals surface area contributed by atoms with Crippen molar-refractivity contribution in [1.29, 1.82) is 0 Å². The highest BCUT2D eigenvalue weighted by Gasteiger charge is 2.33. The summed E-state index contributed by atoms with van der Waals surface area (Å²) >= 11 is 0. The molecule has 0 aromatic heterocycles. The number of carbonyl (C=O) groups excluding carboxylic acids is 3. The Morgan fingerprint density at radius 1 is 1.04 bits per heavy atom. The second kappa shape index (κ2) is 6.31. The Bertz CT molecular complexity index is 881. The molecule has 2 aromatic carbocycles. The second-order valence-electron chi connectivity index (χ2n) is 5.32. The lowest BCUT2D eigenvalue weighted by Gasteiger charge is -2.14. The minimum atomic E-state index is -1.15. The third-order valence-electron chi connectivity index (χ3n) is 3.64. The van der Waals surface area contributed by atoms with Gasteiger partial charge in [-0.25, -0.2) is 13.6 Å². The summed E-state index contributed by atoms with van der Waals surface area (Å²) < 4.78 is 26.9. The quantitative estimate of drug-likeness (QED) is 0.863. The van der Waals surface area contributed by atoms with Crippen LogP contribution in [0.15, 0.2) is 36.4 Å². The van der Waals surface area contributed by atoms with Gasteiger partial charge in [0.15, 0.2) is 0 Å². The molecule has 2 aromatic rings. The molecular weight excluding hydrogens is 336 g/mol. The number of aromatic hydroxyl groups is 1. The van der Waals surface area contributed by atoms with Crippen molar-refractivity contribution in [2.24, 2.45) is 0 Å². The normalized spacial score (nSPS) is 14.1. The fraction of sp³-hybridized carbons (Fsp3) is 0.118.